The van der Waals surface area contributed by atoms with Crippen LogP contribution in [0.3, 0.4) is 0 Å². The third-order valence-corrected chi connectivity index (χ3v) is 3.92. The Kier molecular flexibility index (Phi) is 3.88. The topological polar surface area (TPSA) is 35.2 Å². The Balaban J connectivity index is 1.78. The molecule has 0 bridgehead atoms. The zero-order chi connectivity index (χ0) is 14.8. The van der Waals surface area contributed by atoms with Gasteiger partial charge in [-0.2, -0.15) is 0 Å². The largest absolute Gasteiger partial charge is 0.489 e. The number of fused-ring (bicyclic) bond motifs is 1. The fraction of sp³-hybridized carbons (Fsp3) is 0.294. The van der Waals surface area contributed by atoms with E-state index in [1.165, 1.54) is 23.8 Å². The maximum atomic E-state index is 13.5. The van der Waals surface area contributed by atoms with Crippen LogP contribution >= 0.6 is 0 Å². The van der Waals surface area contributed by atoms with Crippen molar-refractivity contribution >= 4 is 0 Å². The van der Waals surface area contributed by atoms with Gasteiger partial charge in [-0.25, -0.2) is 8.78 Å². The highest BCUT2D eigenvalue weighted by atomic mass is 19.1. The summed E-state index contributed by atoms with van der Waals surface area (Å²) >= 11 is 0. The van der Waals surface area contributed by atoms with Crippen molar-refractivity contribution in [3.8, 4) is 5.75 Å². The number of hydrogen-bond acceptors (Lipinski definition) is 2. The van der Waals surface area contributed by atoms with Crippen LogP contribution in [0.2, 0.25) is 0 Å². The van der Waals surface area contributed by atoms with E-state index >= 15 is 0 Å². The Bertz CT molecular complexity index is 637. The summed E-state index contributed by atoms with van der Waals surface area (Å²) in [5.41, 5.74) is 8.35. The molecule has 21 heavy (non-hydrogen) atoms. The summed E-state index contributed by atoms with van der Waals surface area (Å²) in [5.74, 6) is -0.594. The van der Waals surface area contributed by atoms with Gasteiger partial charge in [-0.05, 0) is 54.7 Å². The van der Waals surface area contributed by atoms with Crippen LogP contribution in [-0.4, -0.2) is 0 Å². The monoisotopic (exact) mass is 289 g/mol. The van der Waals surface area contributed by atoms with Crippen molar-refractivity contribution in [2.45, 2.75) is 31.9 Å². The molecule has 0 aliphatic heterocycles. The van der Waals surface area contributed by atoms with Crippen molar-refractivity contribution in [1.82, 2.24) is 0 Å². The van der Waals surface area contributed by atoms with E-state index in [-0.39, 0.29) is 18.2 Å². The van der Waals surface area contributed by atoms with E-state index in [0.29, 0.717) is 5.75 Å². The van der Waals surface area contributed by atoms with Gasteiger partial charge in [0.1, 0.15) is 24.0 Å². The molecule has 2 N–H and O–H groups in total. The van der Waals surface area contributed by atoms with Gasteiger partial charge in [0.15, 0.2) is 0 Å². The van der Waals surface area contributed by atoms with Crippen LogP contribution in [0.1, 0.15) is 35.6 Å². The van der Waals surface area contributed by atoms with Gasteiger partial charge in [0.2, 0.25) is 0 Å². The Morgan fingerprint density at radius 3 is 2.67 bits per heavy atom. The van der Waals surface area contributed by atoms with Crippen molar-refractivity contribution in [2.24, 2.45) is 5.73 Å². The van der Waals surface area contributed by atoms with E-state index in [1.54, 1.807) is 0 Å². The molecular weight excluding hydrogens is 272 g/mol. The molecule has 110 valence electrons. The molecule has 0 amide bonds. The molecule has 0 radical (unpaired) electrons. The normalized spacial score (nSPS) is 17.4. The van der Waals surface area contributed by atoms with Gasteiger partial charge in [-0.1, -0.05) is 12.1 Å². The third-order valence-electron chi connectivity index (χ3n) is 3.92. The molecule has 3 rings (SSSR count). The summed E-state index contributed by atoms with van der Waals surface area (Å²) in [5, 5.41) is 0. The number of rotatable bonds is 3. The highest BCUT2D eigenvalue weighted by molar-refractivity contribution is 5.39. The van der Waals surface area contributed by atoms with Gasteiger partial charge >= 0.3 is 0 Å². The molecule has 0 heterocycles. The van der Waals surface area contributed by atoms with Crippen LogP contribution in [0.25, 0.3) is 0 Å². The highest BCUT2D eigenvalue weighted by Crippen LogP contribution is 2.31. The Labute approximate surface area is 122 Å². The van der Waals surface area contributed by atoms with Crippen LogP contribution in [0.15, 0.2) is 36.4 Å². The molecule has 0 spiro atoms. The van der Waals surface area contributed by atoms with Crippen molar-refractivity contribution in [1.29, 1.82) is 0 Å². The van der Waals surface area contributed by atoms with Gasteiger partial charge < -0.3 is 10.5 Å². The lowest BCUT2D eigenvalue weighted by Gasteiger charge is -2.22. The van der Waals surface area contributed by atoms with E-state index in [0.717, 1.165) is 24.8 Å². The Morgan fingerprint density at radius 2 is 1.90 bits per heavy atom. The Hall–Kier alpha value is -1.94. The van der Waals surface area contributed by atoms with Crippen LogP contribution in [-0.2, 0) is 13.0 Å². The SMILES string of the molecule is N[C@H]1CCCc2ccc(OCc3c(F)cccc3F)cc21. The number of benzene rings is 2. The molecule has 2 aromatic carbocycles. The first-order chi connectivity index (χ1) is 10.1. The average molecular weight is 289 g/mol. The fourth-order valence-corrected chi connectivity index (χ4v) is 2.73. The second-order valence-corrected chi connectivity index (χ2v) is 5.35. The summed E-state index contributed by atoms with van der Waals surface area (Å²) < 4.78 is 32.6. The Morgan fingerprint density at radius 1 is 1.14 bits per heavy atom. The molecule has 0 unspecified atom stereocenters. The van der Waals surface area contributed by atoms with Gasteiger partial charge in [0.05, 0.1) is 5.56 Å². The number of hydrogen-bond donors (Lipinski definition) is 1. The number of nitrogens with two attached hydrogens (primary N) is 1. The van der Waals surface area contributed by atoms with Gasteiger partial charge in [-0.3, -0.25) is 0 Å². The quantitative estimate of drug-likeness (QED) is 0.930. The maximum absolute atomic E-state index is 13.5. The van der Waals surface area contributed by atoms with Crippen LogP contribution in [0.4, 0.5) is 8.78 Å². The zero-order valence-corrected chi connectivity index (χ0v) is 11.6. The van der Waals surface area contributed by atoms with Crippen molar-refractivity contribution in [3.63, 3.8) is 0 Å². The molecular formula is C17H17F2NO. The second-order valence-electron chi connectivity index (χ2n) is 5.35. The minimum Gasteiger partial charge on any atom is -0.489 e. The summed E-state index contributed by atoms with van der Waals surface area (Å²) in [6.45, 7) is -0.132. The lowest BCUT2D eigenvalue weighted by molar-refractivity contribution is 0.291. The average Bonchev–Trinajstić information content (AvgIpc) is 2.47. The van der Waals surface area contributed by atoms with Crippen LogP contribution in [0.5, 0.6) is 5.75 Å². The molecule has 0 saturated heterocycles. The molecule has 2 nitrogen and oxygen atoms in total. The number of halogens is 2. The predicted molar refractivity (Wildman–Crippen MR) is 77.0 cm³/mol. The lowest BCUT2D eigenvalue weighted by atomic mass is 9.88. The minimum absolute atomic E-state index is 0.0162. The molecule has 4 heteroatoms. The third kappa shape index (κ3) is 2.90. The minimum atomic E-state index is -0.593. The van der Waals surface area contributed by atoms with E-state index in [4.69, 9.17) is 10.5 Å². The number of ether oxygens (including phenoxy) is 1. The highest BCUT2D eigenvalue weighted by Gasteiger charge is 2.17. The first kappa shape index (κ1) is 14.0. The molecule has 2 aromatic rings. The maximum Gasteiger partial charge on any atom is 0.132 e. The second kappa shape index (κ2) is 5.82. The molecule has 1 aliphatic rings. The fourth-order valence-electron chi connectivity index (χ4n) is 2.73. The lowest BCUT2D eigenvalue weighted by Crippen LogP contribution is -2.17. The van der Waals surface area contributed by atoms with Crippen LogP contribution in [0, 0.1) is 11.6 Å². The van der Waals surface area contributed by atoms with Crippen LogP contribution < -0.4 is 10.5 Å². The first-order valence-corrected chi connectivity index (χ1v) is 7.09. The predicted octanol–water partition coefficient (Wildman–Crippen LogP) is 3.88. The molecule has 1 aliphatic carbocycles. The van der Waals surface area contributed by atoms with Crippen molar-refractivity contribution in [3.05, 3.63) is 64.7 Å². The first-order valence-electron chi connectivity index (χ1n) is 7.09. The van der Waals surface area contributed by atoms with E-state index in [9.17, 15) is 8.78 Å². The van der Waals surface area contributed by atoms with E-state index < -0.39 is 11.6 Å². The molecule has 0 saturated carbocycles. The van der Waals surface area contributed by atoms with Gasteiger partial charge in [0, 0.05) is 6.04 Å². The molecule has 1 atom stereocenters. The molecule has 0 fully saturated rings. The summed E-state index contributed by atoms with van der Waals surface area (Å²) in [4.78, 5) is 0. The number of aryl methyl sites for hydroxylation is 1. The smallest absolute Gasteiger partial charge is 0.132 e. The van der Waals surface area contributed by atoms with Crippen molar-refractivity contribution in [2.75, 3.05) is 0 Å². The van der Waals surface area contributed by atoms with E-state index in [1.807, 2.05) is 18.2 Å². The standard InChI is InChI=1S/C17H17F2NO/c18-15-4-2-5-16(19)14(15)10-21-12-8-7-11-3-1-6-17(20)13(11)9-12/h2,4-5,7-9,17H,1,3,6,10,20H2/t17-/m0/s1. The van der Waals surface area contributed by atoms with Gasteiger partial charge in [-0.15, -0.1) is 0 Å². The summed E-state index contributed by atoms with van der Waals surface area (Å²) in [7, 11) is 0. The zero-order valence-electron chi connectivity index (χ0n) is 11.6. The molecule has 0 aromatic heterocycles. The van der Waals surface area contributed by atoms with Crippen molar-refractivity contribution < 1.29 is 13.5 Å². The van der Waals surface area contributed by atoms with E-state index in [2.05, 4.69) is 0 Å². The summed E-state index contributed by atoms with van der Waals surface area (Å²) in [6.07, 6.45) is 3.07. The summed E-state index contributed by atoms with van der Waals surface area (Å²) in [6, 6.07) is 9.51. The van der Waals surface area contributed by atoms with Gasteiger partial charge in [0.25, 0.3) is 0 Å².